The third-order valence-electron chi connectivity index (χ3n) is 6.89. The van der Waals surface area contributed by atoms with Crippen LogP contribution in [0.4, 0.5) is 10.1 Å². The number of nitrogens with zero attached hydrogens (tertiary/aromatic N) is 1. The fraction of sp³-hybridized carbons (Fsp3) is 0.235. The van der Waals surface area contributed by atoms with Gasteiger partial charge in [-0.3, -0.25) is 19.2 Å². The third-order valence-corrected chi connectivity index (χ3v) is 6.89. The molecule has 0 saturated heterocycles. The summed E-state index contributed by atoms with van der Waals surface area (Å²) in [6.07, 6.45) is -1.13. The maximum atomic E-state index is 14.0. The Hall–Kier alpha value is -4.85. The number of hydrogen-bond donors (Lipinski definition) is 2. The molecule has 1 aromatic heterocycles. The number of amides is 1. The van der Waals surface area contributed by atoms with Crippen LogP contribution in [0.2, 0.25) is 0 Å². The molecule has 8 heteroatoms. The number of hydrogen-bond acceptors (Lipinski definition) is 4. The van der Waals surface area contributed by atoms with Gasteiger partial charge in [0, 0.05) is 29.9 Å². The van der Waals surface area contributed by atoms with Crippen LogP contribution in [0.25, 0.3) is 22.4 Å². The number of carboxylic acids is 1. The smallest absolute Gasteiger partial charge is 0.310 e. The average Bonchev–Trinajstić information content (AvgIpc) is 3.26. The van der Waals surface area contributed by atoms with Gasteiger partial charge in [-0.1, -0.05) is 62.4 Å². The lowest BCUT2D eigenvalue weighted by molar-refractivity contribution is -0.140. The molecule has 216 valence electrons. The minimum atomic E-state index is -1.27. The molecule has 0 radical (unpaired) electrons. The molecule has 0 bridgehead atoms. The van der Waals surface area contributed by atoms with Gasteiger partial charge in [0.25, 0.3) is 0 Å². The van der Waals surface area contributed by atoms with E-state index in [-0.39, 0.29) is 37.0 Å². The summed E-state index contributed by atoms with van der Waals surface area (Å²) < 4.78 is 16.0. The molecule has 4 aromatic rings. The Kier molecular flexibility index (Phi) is 9.81. The van der Waals surface area contributed by atoms with Crippen LogP contribution < -0.4 is 5.32 Å². The molecule has 42 heavy (non-hydrogen) atoms. The van der Waals surface area contributed by atoms with Crippen LogP contribution in [0.3, 0.4) is 0 Å². The van der Waals surface area contributed by atoms with Crippen LogP contribution in [0, 0.1) is 5.82 Å². The molecule has 3 aromatic carbocycles. The number of carbonyl (C=O) groups excluding carboxylic acids is 3. The lowest BCUT2D eigenvalue weighted by Gasteiger charge is -2.17. The molecule has 0 fully saturated rings. The first-order chi connectivity index (χ1) is 20.1. The maximum absolute atomic E-state index is 14.0. The van der Waals surface area contributed by atoms with E-state index in [1.54, 1.807) is 12.1 Å². The van der Waals surface area contributed by atoms with E-state index in [0.29, 0.717) is 11.3 Å². The van der Waals surface area contributed by atoms with Gasteiger partial charge in [0.2, 0.25) is 5.91 Å². The van der Waals surface area contributed by atoms with Gasteiger partial charge >= 0.3 is 5.97 Å². The average molecular weight is 569 g/mol. The third kappa shape index (κ3) is 7.46. The van der Waals surface area contributed by atoms with Gasteiger partial charge < -0.3 is 15.0 Å². The number of carboxylic acid groups (broad SMARTS) is 1. The van der Waals surface area contributed by atoms with Crippen LogP contribution in [0.5, 0.6) is 0 Å². The van der Waals surface area contributed by atoms with Crippen molar-refractivity contribution in [3.63, 3.8) is 0 Å². The molecule has 0 atom stereocenters. The zero-order chi connectivity index (χ0) is 30.2. The van der Waals surface area contributed by atoms with Crippen LogP contribution in [-0.2, 0) is 32.1 Å². The molecule has 0 spiro atoms. The summed E-state index contributed by atoms with van der Waals surface area (Å²) >= 11 is 0. The summed E-state index contributed by atoms with van der Waals surface area (Å²) in [5.74, 6) is -2.96. The molecule has 2 N–H and O–H groups in total. The predicted molar refractivity (Wildman–Crippen MR) is 160 cm³/mol. The van der Waals surface area contributed by atoms with Crippen molar-refractivity contribution in [2.75, 3.05) is 5.32 Å². The number of Topliss-reactive ketones (excluding diaryl/α,β-unsaturated/α-hetero) is 2. The molecule has 0 aliphatic rings. The Balaban J connectivity index is 1.85. The van der Waals surface area contributed by atoms with Crippen molar-refractivity contribution in [2.45, 2.75) is 52.0 Å². The molecule has 0 aliphatic carbocycles. The number of ketones is 2. The largest absolute Gasteiger partial charge is 0.481 e. The first-order valence-electron chi connectivity index (χ1n) is 13.8. The van der Waals surface area contributed by atoms with E-state index in [0.717, 1.165) is 28.1 Å². The van der Waals surface area contributed by atoms with Crippen LogP contribution in [-0.4, -0.2) is 33.1 Å². The minimum Gasteiger partial charge on any atom is -0.481 e. The van der Waals surface area contributed by atoms with Crippen molar-refractivity contribution in [1.82, 2.24) is 4.57 Å². The molecule has 1 amide bonds. The molecule has 0 unspecified atom stereocenters. The van der Waals surface area contributed by atoms with E-state index in [1.807, 2.05) is 79.1 Å². The van der Waals surface area contributed by atoms with Gasteiger partial charge in [-0.05, 0) is 59.0 Å². The summed E-state index contributed by atoms with van der Waals surface area (Å²) in [5, 5.41) is 11.9. The number of rotatable bonds is 13. The lowest BCUT2D eigenvalue weighted by atomic mass is 9.93. The molecule has 1 heterocycles. The quantitative estimate of drug-likeness (QED) is 0.176. The maximum Gasteiger partial charge on any atom is 0.310 e. The van der Waals surface area contributed by atoms with Gasteiger partial charge in [0.05, 0.1) is 18.5 Å². The van der Waals surface area contributed by atoms with E-state index >= 15 is 0 Å². The van der Waals surface area contributed by atoms with Crippen LogP contribution in [0.1, 0.15) is 50.3 Å². The SMILES string of the molecule is CC(C)c1c(CC(=O)Nc2ccccc2)c(-c2ccccc2)c(-c2ccc(F)cc2)n1CCC(=O)CC(=O)CC(=O)O. The van der Waals surface area contributed by atoms with Crippen molar-refractivity contribution < 1.29 is 28.7 Å². The zero-order valence-electron chi connectivity index (χ0n) is 23.6. The fourth-order valence-electron chi connectivity index (χ4n) is 5.25. The van der Waals surface area contributed by atoms with Crippen molar-refractivity contribution in [2.24, 2.45) is 0 Å². The number of anilines is 1. The van der Waals surface area contributed by atoms with Gasteiger partial charge in [0.15, 0.2) is 5.78 Å². The Morgan fingerprint density at radius 1 is 0.810 bits per heavy atom. The molecule has 7 nitrogen and oxygen atoms in total. The van der Waals surface area contributed by atoms with Gasteiger partial charge in [0.1, 0.15) is 18.0 Å². The predicted octanol–water partition coefficient (Wildman–Crippen LogP) is 6.66. The van der Waals surface area contributed by atoms with Gasteiger partial charge in [-0.2, -0.15) is 0 Å². The number of para-hydroxylation sites is 1. The number of nitrogens with one attached hydrogen (secondary N) is 1. The van der Waals surface area contributed by atoms with E-state index in [9.17, 15) is 23.6 Å². The number of carbonyl (C=O) groups is 4. The second-order valence-corrected chi connectivity index (χ2v) is 10.4. The summed E-state index contributed by atoms with van der Waals surface area (Å²) in [4.78, 5) is 49.1. The Labute approximate surface area is 244 Å². The molecular formula is C34H33FN2O5. The zero-order valence-corrected chi connectivity index (χ0v) is 23.6. The highest BCUT2D eigenvalue weighted by Crippen LogP contribution is 2.42. The Bertz CT molecular complexity index is 1580. The number of aliphatic carboxylic acids is 1. The molecule has 0 aliphatic heterocycles. The van der Waals surface area contributed by atoms with E-state index in [4.69, 9.17) is 5.11 Å². The summed E-state index contributed by atoms with van der Waals surface area (Å²) in [6, 6.07) is 24.9. The van der Waals surface area contributed by atoms with E-state index < -0.39 is 30.4 Å². The summed E-state index contributed by atoms with van der Waals surface area (Å²) in [6.45, 7) is 4.21. The van der Waals surface area contributed by atoms with E-state index in [2.05, 4.69) is 5.32 Å². The Morgan fingerprint density at radius 2 is 1.43 bits per heavy atom. The molecule has 4 rings (SSSR count). The Morgan fingerprint density at radius 3 is 2.02 bits per heavy atom. The van der Waals surface area contributed by atoms with E-state index in [1.165, 1.54) is 12.1 Å². The van der Waals surface area contributed by atoms with Crippen LogP contribution in [0.15, 0.2) is 84.9 Å². The van der Waals surface area contributed by atoms with Crippen molar-refractivity contribution in [1.29, 1.82) is 0 Å². The second-order valence-electron chi connectivity index (χ2n) is 10.4. The fourth-order valence-corrected chi connectivity index (χ4v) is 5.25. The monoisotopic (exact) mass is 568 g/mol. The number of aromatic nitrogens is 1. The number of benzene rings is 3. The number of halogens is 1. The van der Waals surface area contributed by atoms with Gasteiger partial charge in [-0.25, -0.2) is 4.39 Å². The first-order valence-corrected chi connectivity index (χ1v) is 13.8. The summed E-state index contributed by atoms with van der Waals surface area (Å²) in [5.41, 5.74) is 5.42. The standard InChI is InChI=1S/C34H33FN2O5/c1-22(2)33-29(21-30(40)36-26-11-7-4-8-12-26)32(23-9-5-3-6-10-23)34(24-13-15-25(35)16-14-24)37(33)18-17-27(38)19-28(39)20-31(41)42/h3-16,22H,17-21H2,1-2H3,(H,36,40)(H,41,42). The first kappa shape index (κ1) is 30.1. The minimum absolute atomic E-state index is 0.0160. The van der Waals surface area contributed by atoms with Gasteiger partial charge in [-0.15, -0.1) is 0 Å². The normalized spacial score (nSPS) is 11.0. The molecular weight excluding hydrogens is 535 g/mol. The van der Waals surface area contributed by atoms with Crippen LogP contribution >= 0.6 is 0 Å². The molecule has 0 saturated carbocycles. The summed E-state index contributed by atoms with van der Waals surface area (Å²) in [7, 11) is 0. The highest BCUT2D eigenvalue weighted by Gasteiger charge is 2.28. The topological polar surface area (TPSA) is 105 Å². The van der Waals surface area contributed by atoms with Crippen molar-refractivity contribution >= 4 is 29.1 Å². The lowest BCUT2D eigenvalue weighted by Crippen LogP contribution is -2.17. The van der Waals surface area contributed by atoms with Crippen molar-refractivity contribution in [3.8, 4) is 22.4 Å². The highest BCUT2D eigenvalue weighted by molar-refractivity contribution is 6.05. The highest BCUT2D eigenvalue weighted by atomic mass is 19.1. The second kappa shape index (κ2) is 13.7. The van der Waals surface area contributed by atoms with Crippen molar-refractivity contribution in [3.05, 3.63) is 102 Å².